The Morgan fingerprint density at radius 3 is 2.83 bits per heavy atom. The number of aromatic nitrogens is 1. The molecule has 0 N–H and O–H groups in total. The zero-order valence-electron chi connectivity index (χ0n) is 15.8. The number of methoxy groups -OCH3 is 1. The maximum absolute atomic E-state index is 12.8. The predicted octanol–water partition coefficient (Wildman–Crippen LogP) is 2.96. The second-order valence-electron chi connectivity index (χ2n) is 6.55. The van der Waals surface area contributed by atoms with Crippen LogP contribution in [0.4, 0.5) is 13.2 Å². The standard InChI is InChI=1S/C20H21F3N2O4/c1-27-18-6-5-14(11-24-18)9-19(26)25-7-8-28-17(12-25)13-29-16-4-2-3-15(10-16)20(21,22)23/h2-6,10-11,17H,7-9,12-13H2,1H3/t17-/m1/s1. The summed E-state index contributed by atoms with van der Waals surface area (Å²) in [6.45, 7) is 1.14. The molecule has 0 spiro atoms. The molecule has 0 bridgehead atoms. The van der Waals surface area contributed by atoms with Gasteiger partial charge in [0.2, 0.25) is 11.8 Å². The van der Waals surface area contributed by atoms with E-state index < -0.39 is 17.8 Å². The molecule has 0 radical (unpaired) electrons. The van der Waals surface area contributed by atoms with Crippen molar-refractivity contribution in [1.82, 2.24) is 9.88 Å². The first-order valence-corrected chi connectivity index (χ1v) is 9.03. The van der Waals surface area contributed by atoms with Gasteiger partial charge in [-0.2, -0.15) is 13.2 Å². The first kappa shape index (κ1) is 20.9. The Morgan fingerprint density at radius 1 is 1.31 bits per heavy atom. The molecule has 0 aliphatic carbocycles. The van der Waals surface area contributed by atoms with Crippen LogP contribution in [0.2, 0.25) is 0 Å². The molecule has 9 heteroatoms. The minimum absolute atomic E-state index is 0.0508. The third kappa shape index (κ3) is 5.83. The van der Waals surface area contributed by atoms with Crippen molar-refractivity contribution in [3.8, 4) is 11.6 Å². The van der Waals surface area contributed by atoms with Crippen LogP contribution < -0.4 is 9.47 Å². The number of morpholine rings is 1. The Morgan fingerprint density at radius 2 is 2.14 bits per heavy atom. The second-order valence-corrected chi connectivity index (χ2v) is 6.55. The van der Waals surface area contributed by atoms with Crippen LogP contribution in [0.3, 0.4) is 0 Å². The normalized spacial score (nSPS) is 17.1. The van der Waals surface area contributed by atoms with Crippen molar-refractivity contribution in [3.05, 3.63) is 53.7 Å². The molecule has 1 atom stereocenters. The fourth-order valence-corrected chi connectivity index (χ4v) is 2.92. The molecule has 1 aromatic carbocycles. The maximum Gasteiger partial charge on any atom is 0.416 e. The number of carbonyl (C=O) groups excluding carboxylic acids is 1. The molecule has 1 aromatic heterocycles. The van der Waals surface area contributed by atoms with Crippen LogP contribution in [0.5, 0.6) is 11.6 Å². The van der Waals surface area contributed by atoms with Crippen molar-refractivity contribution in [2.75, 3.05) is 33.4 Å². The molecular formula is C20H21F3N2O4. The van der Waals surface area contributed by atoms with E-state index in [-0.39, 0.29) is 24.7 Å². The highest BCUT2D eigenvalue weighted by Crippen LogP contribution is 2.31. The van der Waals surface area contributed by atoms with Crippen LogP contribution in [0.1, 0.15) is 11.1 Å². The lowest BCUT2D eigenvalue weighted by atomic mass is 10.1. The molecule has 3 rings (SSSR count). The summed E-state index contributed by atoms with van der Waals surface area (Å²) in [6.07, 6.45) is -3.07. The predicted molar refractivity (Wildman–Crippen MR) is 97.8 cm³/mol. The van der Waals surface area contributed by atoms with Gasteiger partial charge in [0.1, 0.15) is 18.5 Å². The molecule has 1 aliphatic rings. The summed E-state index contributed by atoms with van der Waals surface area (Å²) in [5.41, 5.74) is -0.0106. The fourth-order valence-electron chi connectivity index (χ4n) is 2.92. The average Bonchev–Trinajstić information content (AvgIpc) is 2.72. The van der Waals surface area contributed by atoms with Crippen molar-refractivity contribution in [2.45, 2.75) is 18.7 Å². The number of alkyl halides is 3. The molecule has 1 fully saturated rings. The number of rotatable bonds is 6. The summed E-state index contributed by atoms with van der Waals surface area (Å²) >= 11 is 0. The monoisotopic (exact) mass is 410 g/mol. The van der Waals surface area contributed by atoms with Gasteiger partial charge in [0.05, 0.1) is 32.2 Å². The quantitative estimate of drug-likeness (QED) is 0.733. The number of amides is 1. The van der Waals surface area contributed by atoms with Crippen LogP contribution in [0.15, 0.2) is 42.6 Å². The molecule has 29 heavy (non-hydrogen) atoms. The number of carbonyl (C=O) groups is 1. The minimum Gasteiger partial charge on any atom is -0.491 e. The van der Waals surface area contributed by atoms with E-state index in [1.807, 2.05) is 0 Å². The second kappa shape index (κ2) is 9.13. The van der Waals surface area contributed by atoms with Gasteiger partial charge in [-0.05, 0) is 23.8 Å². The maximum atomic E-state index is 12.8. The molecule has 2 aromatic rings. The van der Waals surface area contributed by atoms with E-state index in [1.54, 1.807) is 23.2 Å². The van der Waals surface area contributed by atoms with Crippen LogP contribution in [-0.2, 0) is 22.1 Å². The summed E-state index contributed by atoms with van der Waals surface area (Å²) in [4.78, 5) is 18.3. The van der Waals surface area contributed by atoms with Crippen molar-refractivity contribution < 1.29 is 32.2 Å². The number of ether oxygens (including phenoxy) is 3. The van der Waals surface area contributed by atoms with E-state index in [0.717, 1.165) is 17.7 Å². The Balaban J connectivity index is 1.53. The molecule has 2 heterocycles. The summed E-state index contributed by atoms with van der Waals surface area (Å²) < 4.78 is 54.4. The van der Waals surface area contributed by atoms with Gasteiger partial charge in [-0.1, -0.05) is 12.1 Å². The topological polar surface area (TPSA) is 60.9 Å². The lowest BCUT2D eigenvalue weighted by Gasteiger charge is -2.33. The van der Waals surface area contributed by atoms with Crippen LogP contribution in [0.25, 0.3) is 0 Å². The molecule has 0 unspecified atom stereocenters. The third-order valence-corrected chi connectivity index (χ3v) is 4.45. The van der Waals surface area contributed by atoms with E-state index >= 15 is 0 Å². The Kier molecular flexibility index (Phi) is 6.58. The van der Waals surface area contributed by atoms with E-state index in [2.05, 4.69) is 4.98 Å². The lowest BCUT2D eigenvalue weighted by Crippen LogP contribution is -2.48. The zero-order chi connectivity index (χ0) is 20.9. The van der Waals surface area contributed by atoms with Gasteiger partial charge in [0.15, 0.2) is 0 Å². The Labute approximate surface area is 166 Å². The van der Waals surface area contributed by atoms with Gasteiger partial charge in [0.25, 0.3) is 0 Å². The molecular weight excluding hydrogens is 389 g/mol. The fraction of sp³-hybridized carbons (Fsp3) is 0.400. The highest BCUT2D eigenvalue weighted by Gasteiger charge is 2.31. The third-order valence-electron chi connectivity index (χ3n) is 4.45. The SMILES string of the molecule is COc1ccc(CC(=O)N2CCO[C@@H](COc3cccc(C(F)(F)F)c3)C2)cn1. The molecule has 156 valence electrons. The lowest BCUT2D eigenvalue weighted by molar-refractivity contribution is -0.139. The highest BCUT2D eigenvalue weighted by atomic mass is 19.4. The van der Waals surface area contributed by atoms with Crippen LogP contribution >= 0.6 is 0 Å². The first-order chi connectivity index (χ1) is 13.8. The summed E-state index contributed by atoms with van der Waals surface area (Å²) in [7, 11) is 1.52. The number of nitrogens with zero attached hydrogens (tertiary/aromatic N) is 2. The number of hydrogen-bond acceptors (Lipinski definition) is 5. The largest absolute Gasteiger partial charge is 0.491 e. The van der Waals surface area contributed by atoms with Gasteiger partial charge < -0.3 is 19.1 Å². The minimum atomic E-state index is -4.43. The van der Waals surface area contributed by atoms with Crippen molar-refractivity contribution >= 4 is 5.91 Å². The molecule has 6 nitrogen and oxygen atoms in total. The molecule has 1 amide bonds. The van der Waals surface area contributed by atoms with Crippen molar-refractivity contribution in [3.63, 3.8) is 0 Å². The molecule has 1 saturated heterocycles. The van der Waals surface area contributed by atoms with Gasteiger partial charge >= 0.3 is 6.18 Å². The zero-order valence-corrected chi connectivity index (χ0v) is 15.8. The summed E-state index contributed by atoms with van der Waals surface area (Å²) in [6, 6.07) is 8.14. The highest BCUT2D eigenvalue weighted by molar-refractivity contribution is 5.78. The van der Waals surface area contributed by atoms with Crippen molar-refractivity contribution in [1.29, 1.82) is 0 Å². The average molecular weight is 410 g/mol. The van der Waals surface area contributed by atoms with Gasteiger partial charge in [-0.25, -0.2) is 4.98 Å². The number of benzene rings is 1. The van der Waals surface area contributed by atoms with Gasteiger partial charge in [-0.15, -0.1) is 0 Å². The number of pyridine rings is 1. The van der Waals surface area contributed by atoms with Crippen molar-refractivity contribution in [2.24, 2.45) is 0 Å². The Hall–Kier alpha value is -2.81. The Bertz CT molecular complexity index is 827. The van der Waals surface area contributed by atoms with E-state index in [0.29, 0.717) is 25.6 Å². The summed E-state index contributed by atoms with van der Waals surface area (Å²) in [5, 5.41) is 0. The number of hydrogen-bond donors (Lipinski definition) is 0. The van der Waals surface area contributed by atoms with Gasteiger partial charge in [-0.3, -0.25) is 4.79 Å². The van der Waals surface area contributed by atoms with Crippen LogP contribution in [-0.4, -0.2) is 55.3 Å². The first-order valence-electron chi connectivity index (χ1n) is 9.03. The van der Waals surface area contributed by atoms with Gasteiger partial charge in [0, 0.05) is 18.8 Å². The van der Waals surface area contributed by atoms with E-state index in [9.17, 15) is 18.0 Å². The smallest absolute Gasteiger partial charge is 0.416 e. The molecule has 1 aliphatic heterocycles. The summed E-state index contributed by atoms with van der Waals surface area (Å²) in [5.74, 6) is 0.500. The number of halogens is 3. The van der Waals surface area contributed by atoms with Crippen LogP contribution in [0, 0.1) is 0 Å². The van der Waals surface area contributed by atoms with E-state index in [1.165, 1.54) is 19.2 Å². The van der Waals surface area contributed by atoms with E-state index in [4.69, 9.17) is 14.2 Å². The molecule has 0 saturated carbocycles.